The summed E-state index contributed by atoms with van der Waals surface area (Å²) in [6.07, 6.45) is 1.03. The van der Waals surface area contributed by atoms with Crippen LogP contribution in [-0.2, 0) is 14.8 Å². The second-order valence-corrected chi connectivity index (χ2v) is 8.41. The highest BCUT2D eigenvalue weighted by atomic mass is 32.2. The second kappa shape index (κ2) is 7.43. The van der Waals surface area contributed by atoms with E-state index in [0.717, 1.165) is 21.7 Å². The molecular formula is C19H20N4O4S. The fourth-order valence-corrected chi connectivity index (χ4v) is 3.60. The Labute approximate surface area is 162 Å². The Morgan fingerprint density at radius 3 is 2.54 bits per heavy atom. The van der Waals surface area contributed by atoms with Gasteiger partial charge >= 0.3 is 0 Å². The summed E-state index contributed by atoms with van der Waals surface area (Å²) in [6, 6.07) is 12.2. The molecule has 1 heterocycles. The molecular weight excluding hydrogens is 380 g/mol. The van der Waals surface area contributed by atoms with Crippen LogP contribution in [-0.4, -0.2) is 37.2 Å². The number of benzene rings is 2. The number of azo groups is 1. The lowest BCUT2D eigenvalue weighted by molar-refractivity contribution is -0.116. The number of amides is 1. The first-order valence-corrected chi connectivity index (χ1v) is 10.3. The number of hydrogen-bond donors (Lipinski definition) is 2. The molecule has 0 radical (unpaired) electrons. The number of aryl methyl sites for hydroxylation is 2. The maximum Gasteiger partial charge on any atom is 0.285 e. The molecule has 1 aromatic heterocycles. The fraction of sp³-hybridized carbons (Fsp3) is 0.211. The second-order valence-electron chi connectivity index (χ2n) is 6.50. The smallest absolute Gasteiger partial charge is 0.285 e. The highest BCUT2D eigenvalue weighted by Crippen LogP contribution is 2.35. The third-order valence-electron chi connectivity index (χ3n) is 4.38. The topological polar surface area (TPSA) is 115 Å². The number of anilines is 1. The van der Waals surface area contributed by atoms with Crippen LogP contribution in [0.5, 0.6) is 5.88 Å². The number of fused-ring (bicyclic) bond motifs is 1. The number of aromatic hydroxyl groups is 1. The number of rotatable bonds is 5. The first-order valence-electron chi connectivity index (χ1n) is 8.46. The first kappa shape index (κ1) is 19.6. The summed E-state index contributed by atoms with van der Waals surface area (Å²) < 4.78 is 25.3. The molecule has 2 N–H and O–H groups in total. The van der Waals surface area contributed by atoms with E-state index in [9.17, 15) is 18.3 Å². The molecule has 0 aliphatic heterocycles. The molecule has 9 heteroatoms. The molecule has 0 aliphatic carbocycles. The largest absolute Gasteiger partial charge is 0.493 e. The standard InChI is InChI=1S/C19H20N4O4S/c1-12-8-9-14(10-13(12)2)23(28(3,26)27)11-17(24)21-22-18-15-6-4-5-7-16(15)20-19(18)25/h4-10,20,25H,11H2,1-3H3. The van der Waals surface area contributed by atoms with Crippen molar-refractivity contribution < 1.29 is 18.3 Å². The van der Waals surface area contributed by atoms with E-state index >= 15 is 0 Å². The van der Waals surface area contributed by atoms with Crippen LogP contribution in [0.2, 0.25) is 0 Å². The number of nitrogens with one attached hydrogen (secondary N) is 1. The predicted octanol–water partition coefficient (Wildman–Crippen LogP) is 3.57. The van der Waals surface area contributed by atoms with Crippen LogP contribution in [0, 0.1) is 13.8 Å². The number of nitrogens with zero attached hydrogens (tertiary/aromatic N) is 3. The van der Waals surface area contributed by atoms with Gasteiger partial charge < -0.3 is 10.1 Å². The number of para-hydroxylation sites is 1. The van der Waals surface area contributed by atoms with Crippen molar-refractivity contribution >= 4 is 38.2 Å². The summed E-state index contributed by atoms with van der Waals surface area (Å²) in [5, 5.41) is 18.0. The minimum Gasteiger partial charge on any atom is -0.493 e. The number of aromatic amines is 1. The zero-order valence-electron chi connectivity index (χ0n) is 15.7. The van der Waals surface area contributed by atoms with Crippen molar-refractivity contribution in [3.05, 3.63) is 53.6 Å². The molecule has 1 amide bonds. The van der Waals surface area contributed by atoms with E-state index in [-0.39, 0.29) is 11.6 Å². The van der Waals surface area contributed by atoms with Crippen LogP contribution in [0.4, 0.5) is 11.4 Å². The predicted molar refractivity (Wildman–Crippen MR) is 108 cm³/mol. The summed E-state index contributed by atoms with van der Waals surface area (Å²) in [5.74, 6) is -0.972. The van der Waals surface area contributed by atoms with Crippen molar-refractivity contribution in [1.82, 2.24) is 4.98 Å². The van der Waals surface area contributed by atoms with Gasteiger partial charge in [0.1, 0.15) is 6.54 Å². The van der Waals surface area contributed by atoms with Gasteiger partial charge in [-0.2, -0.15) is 0 Å². The van der Waals surface area contributed by atoms with Gasteiger partial charge in [-0.05, 0) is 43.2 Å². The number of sulfonamides is 1. The molecule has 28 heavy (non-hydrogen) atoms. The van der Waals surface area contributed by atoms with Gasteiger partial charge in [-0.3, -0.25) is 9.10 Å². The summed E-state index contributed by atoms with van der Waals surface area (Å²) in [7, 11) is -3.70. The highest BCUT2D eigenvalue weighted by Gasteiger charge is 2.21. The third kappa shape index (κ3) is 4.04. The van der Waals surface area contributed by atoms with E-state index in [2.05, 4.69) is 15.2 Å². The Morgan fingerprint density at radius 2 is 1.86 bits per heavy atom. The quantitative estimate of drug-likeness (QED) is 0.637. The maximum absolute atomic E-state index is 12.3. The molecule has 3 rings (SSSR count). The first-order chi connectivity index (χ1) is 13.2. The van der Waals surface area contributed by atoms with Crippen LogP contribution in [0.3, 0.4) is 0 Å². The van der Waals surface area contributed by atoms with Gasteiger partial charge in [0.25, 0.3) is 5.91 Å². The van der Waals surface area contributed by atoms with Gasteiger partial charge in [0.05, 0.1) is 17.5 Å². The highest BCUT2D eigenvalue weighted by molar-refractivity contribution is 7.92. The Balaban J connectivity index is 1.87. The summed E-state index contributed by atoms with van der Waals surface area (Å²) in [4.78, 5) is 15.0. The minimum atomic E-state index is -3.70. The average Bonchev–Trinajstić information content (AvgIpc) is 2.94. The minimum absolute atomic E-state index is 0.126. The van der Waals surface area contributed by atoms with E-state index in [0.29, 0.717) is 16.6 Å². The van der Waals surface area contributed by atoms with Gasteiger partial charge in [0.2, 0.25) is 15.9 Å². The fourth-order valence-electron chi connectivity index (χ4n) is 2.76. The molecule has 0 fully saturated rings. The van der Waals surface area contributed by atoms with E-state index in [1.807, 2.05) is 13.8 Å². The molecule has 3 aromatic rings. The summed E-state index contributed by atoms with van der Waals surface area (Å²) in [6.45, 7) is 3.28. The SMILES string of the molecule is Cc1ccc(N(CC(=O)N=Nc2c(O)[nH]c3ccccc23)S(C)(=O)=O)cc1C. The van der Waals surface area contributed by atoms with Crippen molar-refractivity contribution in [3.8, 4) is 5.88 Å². The lowest BCUT2D eigenvalue weighted by Crippen LogP contribution is -2.34. The van der Waals surface area contributed by atoms with Crippen molar-refractivity contribution in [2.75, 3.05) is 17.1 Å². The molecule has 0 saturated heterocycles. The number of H-pyrrole nitrogens is 1. The van der Waals surface area contributed by atoms with Crippen molar-refractivity contribution in [2.45, 2.75) is 13.8 Å². The van der Waals surface area contributed by atoms with Crippen LogP contribution in [0.25, 0.3) is 10.9 Å². The normalized spacial score (nSPS) is 12.0. The number of carbonyl (C=O) groups excluding carboxylic acids is 1. The number of carbonyl (C=O) groups is 1. The Kier molecular flexibility index (Phi) is 5.19. The lowest BCUT2D eigenvalue weighted by Gasteiger charge is -2.21. The van der Waals surface area contributed by atoms with E-state index in [4.69, 9.17) is 0 Å². The summed E-state index contributed by atoms with van der Waals surface area (Å²) >= 11 is 0. The van der Waals surface area contributed by atoms with Crippen LogP contribution in [0.1, 0.15) is 11.1 Å². The van der Waals surface area contributed by atoms with Gasteiger partial charge in [-0.15, -0.1) is 10.2 Å². The van der Waals surface area contributed by atoms with Gasteiger partial charge in [0.15, 0.2) is 5.69 Å². The van der Waals surface area contributed by atoms with Crippen molar-refractivity contribution in [1.29, 1.82) is 0 Å². The molecule has 146 valence electrons. The van der Waals surface area contributed by atoms with Gasteiger partial charge in [-0.25, -0.2) is 8.42 Å². The Hall–Kier alpha value is -3.20. The molecule has 0 bridgehead atoms. The van der Waals surface area contributed by atoms with Crippen molar-refractivity contribution in [3.63, 3.8) is 0 Å². The molecule has 0 spiro atoms. The number of aromatic nitrogens is 1. The molecule has 2 aromatic carbocycles. The Bertz CT molecular complexity index is 1180. The third-order valence-corrected chi connectivity index (χ3v) is 5.52. The van der Waals surface area contributed by atoms with E-state index < -0.39 is 22.5 Å². The monoisotopic (exact) mass is 400 g/mol. The van der Waals surface area contributed by atoms with E-state index in [1.165, 1.54) is 0 Å². The zero-order valence-corrected chi connectivity index (χ0v) is 16.5. The average molecular weight is 400 g/mol. The Morgan fingerprint density at radius 1 is 1.14 bits per heavy atom. The summed E-state index contributed by atoms with van der Waals surface area (Å²) in [5.41, 5.74) is 3.07. The lowest BCUT2D eigenvalue weighted by atomic mass is 10.1. The zero-order chi connectivity index (χ0) is 20.5. The van der Waals surface area contributed by atoms with Gasteiger partial charge in [-0.1, -0.05) is 24.3 Å². The van der Waals surface area contributed by atoms with Gasteiger partial charge in [0, 0.05) is 5.39 Å². The molecule has 0 unspecified atom stereocenters. The van der Waals surface area contributed by atoms with Crippen molar-refractivity contribution in [2.24, 2.45) is 10.2 Å². The molecule has 0 atom stereocenters. The van der Waals surface area contributed by atoms with Crippen LogP contribution >= 0.6 is 0 Å². The maximum atomic E-state index is 12.3. The van der Waals surface area contributed by atoms with Crippen LogP contribution in [0.15, 0.2) is 52.7 Å². The number of hydrogen-bond acceptors (Lipinski definition) is 5. The molecule has 8 nitrogen and oxygen atoms in total. The van der Waals surface area contributed by atoms with Crippen LogP contribution < -0.4 is 4.31 Å². The van der Waals surface area contributed by atoms with E-state index in [1.54, 1.807) is 42.5 Å². The molecule has 0 aliphatic rings. The molecule has 0 saturated carbocycles.